The number of ether oxygens (including phenoxy) is 2. The first-order chi connectivity index (χ1) is 12.7. The van der Waals surface area contributed by atoms with Crippen molar-refractivity contribution >= 4 is 5.97 Å². The summed E-state index contributed by atoms with van der Waals surface area (Å²) in [6.07, 6.45) is 14.2. The Hall–Kier alpha value is -0.650. The monoisotopic (exact) mass is 374 g/mol. The predicted octanol–water partition coefficient (Wildman–Crippen LogP) is 4.73. The van der Waals surface area contributed by atoms with Gasteiger partial charge in [-0.15, -0.1) is 0 Å². The Morgan fingerprint density at radius 3 is 2.04 bits per heavy atom. The molecule has 0 spiro atoms. The number of aliphatic hydroxyl groups is 2. The molecule has 0 saturated heterocycles. The third kappa shape index (κ3) is 15.6. The molecule has 0 aromatic heterocycles. The van der Waals surface area contributed by atoms with E-state index in [9.17, 15) is 9.90 Å². The Balaban J connectivity index is 3.62. The van der Waals surface area contributed by atoms with E-state index < -0.39 is 6.79 Å². The fraction of sp³-hybridized carbons (Fsp3) is 0.952. The molecule has 5 heteroatoms. The van der Waals surface area contributed by atoms with E-state index in [2.05, 4.69) is 11.7 Å². The Morgan fingerprint density at radius 2 is 1.42 bits per heavy atom. The molecular formula is C21H42O5. The van der Waals surface area contributed by atoms with Crippen molar-refractivity contribution in [2.75, 3.05) is 13.4 Å². The lowest BCUT2D eigenvalue weighted by Gasteiger charge is -2.23. The van der Waals surface area contributed by atoms with Gasteiger partial charge in [0.1, 0.15) is 0 Å². The number of hydrogen-bond donors (Lipinski definition) is 2. The van der Waals surface area contributed by atoms with E-state index in [4.69, 9.17) is 9.84 Å². The van der Waals surface area contributed by atoms with Gasteiger partial charge < -0.3 is 19.7 Å². The maximum Gasteiger partial charge on any atom is 0.307 e. The summed E-state index contributed by atoms with van der Waals surface area (Å²) in [6, 6.07) is 0. The molecule has 0 heterocycles. The fourth-order valence-corrected chi connectivity index (χ4v) is 3.21. The van der Waals surface area contributed by atoms with Gasteiger partial charge in [0.2, 0.25) is 0 Å². The summed E-state index contributed by atoms with van der Waals surface area (Å²) in [5.74, 6) is -0.317. The van der Waals surface area contributed by atoms with Crippen molar-refractivity contribution in [3.8, 4) is 0 Å². The lowest BCUT2D eigenvalue weighted by Crippen LogP contribution is -2.29. The lowest BCUT2D eigenvalue weighted by molar-refractivity contribution is -0.151. The highest BCUT2D eigenvalue weighted by atomic mass is 16.6. The molecule has 2 atom stereocenters. The average molecular weight is 375 g/mol. The summed E-state index contributed by atoms with van der Waals surface area (Å²) in [5.41, 5.74) is 0. The van der Waals surface area contributed by atoms with Crippen LogP contribution < -0.4 is 0 Å². The van der Waals surface area contributed by atoms with E-state index in [0.717, 1.165) is 44.9 Å². The maximum absolute atomic E-state index is 11.1. The summed E-state index contributed by atoms with van der Waals surface area (Å²) in [7, 11) is 0. The molecule has 0 amide bonds. The first-order valence-corrected chi connectivity index (χ1v) is 10.7. The van der Waals surface area contributed by atoms with Crippen LogP contribution in [0, 0.1) is 0 Å². The summed E-state index contributed by atoms with van der Waals surface area (Å²) in [5, 5.41) is 18.8. The maximum atomic E-state index is 11.1. The summed E-state index contributed by atoms with van der Waals surface area (Å²) < 4.78 is 10.2. The Labute approximate surface area is 160 Å². The Bertz CT molecular complexity index is 309. The van der Waals surface area contributed by atoms with E-state index in [1.54, 1.807) is 0 Å². The van der Waals surface area contributed by atoms with Gasteiger partial charge in [-0.25, -0.2) is 0 Å². The van der Waals surface area contributed by atoms with Gasteiger partial charge >= 0.3 is 5.97 Å². The van der Waals surface area contributed by atoms with Gasteiger partial charge in [-0.3, -0.25) is 4.79 Å². The third-order valence-electron chi connectivity index (χ3n) is 4.76. The van der Waals surface area contributed by atoms with Crippen molar-refractivity contribution in [2.45, 2.75) is 116 Å². The summed E-state index contributed by atoms with van der Waals surface area (Å²) in [4.78, 5) is 11.1. The number of hydrogen-bond acceptors (Lipinski definition) is 5. The zero-order valence-corrected chi connectivity index (χ0v) is 17.1. The first-order valence-electron chi connectivity index (χ1n) is 10.7. The van der Waals surface area contributed by atoms with Crippen molar-refractivity contribution in [1.82, 2.24) is 0 Å². The van der Waals surface area contributed by atoms with E-state index >= 15 is 0 Å². The molecule has 5 nitrogen and oxygen atoms in total. The molecule has 0 aromatic rings. The van der Waals surface area contributed by atoms with Crippen LogP contribution in [0.5, 0.6) is 0 Å². The lowest BCUT2D eigenvalue weighted by atomic mass is 9.99. The molecule has 0 aliphatic rings. The van der Waals surface area contributed by atoms with Crippen LogP contribution in [-0.4, -0.2) is 41.8 Å². The van der Waals surface area contributed by atoms with Crippen molar-refractivity contribution < 1.29 is 24.5 Å². The molecule has 0 bridgehead atoms. The quantitative estimate of drug-likeness (QED) is 0.194. The van der Waals surface area contributed by atoms with E-state index in [0.29, 0.717) is 13.0 Å². The number of rotatable bonds is 19. The topological polar surface area (TPSA) is 76.0 Å². The molecule has 0 aliphatic carbocycles. The molecule has 0 aromatic carbocycles. The minimum Gasteiger partial charge on any atom is -0.439 e. The number of aliphatic hydroxyl groups excluding tert-OH is 2. The highest BCUT2D eigenvalue weighted by Crippen LogP contribution is 2.17. The van der Waals surface area contributed by atoms with Crippen molar-refractivity contribution in [1.29, 1.82) is 0 Å². The standard InChI is InChI=1S/C21H42O5/c1-3-5-6-12-15-19(23)20(25-4-2)16-13-10-8-7-9-11-14-17-21(24)26-18-22/h19-20,22-23H,3-18H2,1-2H3. The van der Waals surface area contributed by atoms with E-state index in [-0.39, 0.29) is 18.2 Å². The highest BCUT2D eigenvalue weighted by Gasteiger charge is 2.18. The van der Waals surface area contributed by atoms with Crippen LogP contribution >= 0.6 is 0 Å². The SMILES string of the molecule is CCCCCCC(O)C(CCCCCCCCCC(=O)OCO)OCC. The minimum atomic E-state index is -0.519. The normalized spacial score (nSPS) is 13.5. The largest absolute Gasteiger partial charge is 0.439 e. The number of unbranched alkanes of at least 4 members (excludes halogenated alkanes) is 9. The average Bonchev–Trinajstić information content (AvgIpc) is 2.63. The van der Waals surface area contributed by atoms with Gasteiger partial charge in [0.15, 0.2) is 6.79 Å². The second-order valence-corrected chi connectivity index (χ2v) is 7.07. The van der Waals surface area contributed by atoms with Crippen LogP contribution in [0.25, 0.3) is 0 Å². The smallest absolute Gasteiger partial charge is 0.307 e. The van der Waals surface area contributed by atoms with Crippen LogP contribution in [0.4, 0.5) is 0 Å². The Morgan fingerprint density at radius 1 is 0.846 bits per heavy atom. The number of carbonyl (C=O) groups is 1. The minimum absolute atomic E-state index is 0.0147. The molecule has 2 unspecified atom stereocenters. The highest BCUT2D eigenvalue weighted by molar-refractivity contribution is 5.69. The van der Waals surface area contributed by atoms with Crippen molar-refractivity contribution in [2.24, 2.45) is 0 Å². The molecule has 156 valence electrons. The first kappa shape index (κ1) is 25.4. The fourth-order valence-electron chi connectivity index (χ4n) is 3.21. The summed E-state index contributed by atoms with van der Waals surface area (Å²) >= 11 is 0. The molecule has 0 saturated carbocycles. The molecule has 2 N–H and O–H groups in total. The number of carbonyl (C=O) groups excluding carboxylic acids is 1. The third-order valence-corrected chi connectivity index (χ3v) is 4.76. The molecule has 0 aliphatic heterocycles. The number of esters is 1. The predicted molar refractivity (Wildman–Crippen MR) is 105 cm³/mol. The second-order valence-electron chi connectivity index (χ2n) is 7.07. The van der Waals surface area contributed by atoms with Gasteiger partial charge in [-0.1, -0.05) is 71.1 Å². The van der Waals surface area contributed by atoms with Crippen LogP contribution in [0.2, 0.25) is 0 Å². The summed E-state index contributed by atoms with van der Waals surface area (Å²) in [6.45, 7) is 4.34. The van der Waals surface area contributed by atoms with Crippen molar-refractivity contribution in [3.63, 3.8) is 0 Å². The van der Waals surface area contributed by atoms with Crippen molar-refractivity contribution in [3.05, 3.63) is 0 Å². The Kier molecular flexibility index (Phi) is 18.6. The molecule has 0 rings (SSSR count). The van der Waals surface area contributed by atoms with Crippen LogP contribution in [0.1, 0.15) is 104 Å². The molecule has 0 fully saturated rings. The van der Waals surface area contributed by atoms with Crippen LogP contribution in [-0.2, 0) is 14.3 Å². The zero-order valence-electron chi connectivity index (χ0n) is 17.1. The van der Waals surface area contributed by atoms with Gasteiger partial charge in [-0.2, -0.15) is 0 Å². The molecule has 26 heavy (non-hydrogen) atoms. The van der Waals surface area contributed by atoms with Gasteiger partial charge in [0, 0.05) is 13.0 Å². The second kappa shape index (κ2) is 19.1. The molecular weight excluding hydrogens is 332 g/mol. The zero-order chi connectivity index (χ0) is 19.5. The van der Waals surface area contributed by atoms with E-state index in [1.165, 1.54) is 38.5 Å². The van der Waals surface area contributed by atoms with E-state index in [1.807, 2.05) is 6.92 Å². The van der Waals surface area contributed by atoms with Crippen LogP contribution in [0.15, 0.2) is 0 Å². The van der Waals surface area contributed by atoms with Gasteiger partial charge in [0.25, 0.3) is 0 Å². The van der Waals surface area contributed by atoms with Gasteiger partial charge in [0.05, 0.1) is 12.2 Å². The molecule has 0 radical (unpaired) electrons. The van der Waals surface area contributed by atoms with Crippen LogP contribution in [0.3, 0.4) is 0 Å². The van der Waals surface area contributed by atoms with Gasteiger partial charge in [-0.05, 0) is 26.2 Å².